The summed E-state index contributed by atoms with van der Waals surface area (Å²) in [4.78, 5) is 0. The first-order valence-corrected chi connectivity index (χ1v) is 7.28. The average molecular weight is 304 g/mol. The van der Waals surface area contributed by atoms with Crippen molar-refractivity contribution in [3.63, 3.8) is 0 Å². The van der Waals surface area contributed by atoms with Gasteiger partial charge in [-0.15, -0.1) is 5.10 Å². The number of ether oxygens (including phenoxy) is 2. The quantitative estimate of drug-likeness (QED) is 0.507. The zero-order chi connectivity index (χ0) is 16.5. The van der Waals surface area contributed by atoms with Crippen LogP contribution in [0.4, 0.5) is 0 Å². The molecule has 0 bridgehead atoms. The first-order chi connectivity index (χ1) is 10.3. The highest BCUT2D eigenvalue weighted by atomic mass is 16.5. The summed E-state index contributed by atoms with van der Waals surface area (Å²) in [6.45, 7) is 8.24. The molecule has 0 amide bonds. The van der Waals surface area contributed by atoms with Crippen LogP contribution in [-0.4, -0.2) is 24.9 Å². The van der Waals surface area contributed by atoms with Crippen molar-refractivity contribution in [2.45, 2.75) is 46.1 Å². The Balaban J connectivity index is 2.61. The summed E-state index contributed by atoms with van der Waals surface area (Å²) in [7, 11) is 1.65. The van der Waals surface area contributed by atoms with Crippen molar-refractivity contribution in [2.24, 2.45) is 21.7 Å². The van der Waals surface area contributed by atoms with Gasteiger partial charge in [-0.2, -0.15) is 5.10 Å². The summed E-state index contributed by atoms with van der Waals surface area (Å²) in [5, 5.41) is 7.57. The predicted molar refractivity (Wildman–Crippen MR) is 88.9 cm³/mol. The van der Waals surface area contributed by atoms with E-state index in [1.54, 1.807) is 13.3 Å². The van der Waals surface area contributed by atoms with Crippen molar-refractivity contribution in [1.29, 1.82) is 0 Å². The van der Waals surface area contributed by atoms with Crippen LogP contribution in [0.15, 0.2) is 10.2 Å². The maximum Gasteiger partial charge on any atom is 0.211 e. The first-order valence-electron chi connectivity index (χ1n) is 7.28. The maximum atomic E-state index is 6.20. The first kappa shape index (κ1) is 16.1. The zero-order valence-electron chi connectivity index (χ0n) is 13.9. The highest BCUT2D eigenvalue weighted by Gasteiger charge is 2.31. The molecule has 0 unspecified atom stereocenters. The third-order valence-electron chi connectivity index (χ3n) is 3.98. The van der Waals surface area contributed by atoms with E-state index < -0.39 is 0 Å². The van der Waals surface area contributed by atoms with E-state index in [9.17, 15) is 0 Å². The summed E-state index contributed by atoms with van der Waals surface area (Å²) in [6, 6.07) is 0. The lowest BCUT2D eigenvalue weighted by Gasteiger charge is -2.35. The van der Waals surface area contributed by atoms with Gasteiger partial charge in [-0.25, -0.2) is 0 Å². The van der Waals surface area contributed by atoms with Crippen LogP contribution in [0.5, 0.6) is 11.5 Å². The van der Waals surface area contributed by atoms with Gasteiger partial charge in [0.05, 0.1) is 13.3 Å². The van der Waals surface area contributed by atoms with Gasteiger partial charge in [0.2, 0.25) is 5.96 Å². The number of guanidine groups is 1. The minimum Gasteiger partial charge on any atom is -0.496 e. The number of benzene rings is 1. The summed E-state index contributed by atoms with van der Waals surface area (Å²) in [5.74, 6) is 1.62. The van der Waals surface area contributed by atoms with E-state index in [0.717, 1.165) is 41.0 Å². The van der Waals surface area contributed by atoms with Crippen molar-refractivity contribution < 1.29 is 9.47 Å². The number of hydrogen-bond acceptors (Lipinski definition) is 4. The minimum atomic E-state index is -0.174. The van der Waals surface area contributed by atoms with E-state index in [0.29, 0.717) is 0 Å². The fourth-order valence-corrected chi connectivity index (χ4v) is 2.79. The highest BCUT2D eigenvalue weighted by Crippen LogP contribution is 2.43. The Kier molecular flexibility index (Phi) is 4.30. The van der Waals surface area contributed by atoms with E-state index in [1.165, 1.54) is 5.56 Å². The van der Waals surface area contributed by atoms with Gasteiger partial charge in [0.25, 0.3) is 0 Å². The second-order valence-corrected chi connectivity index (χ2v) is 6.14. The van der Waals surface area contributed by atoms with Gasteiger partial charge < -0.3 is 20.9 Å². The molecule has 6 nitrogen and oxygen atoms in total. The van der Waals surface area contributed by atoms with Gasteiger partial charge in [0, 0.05) is 16.7 Å². The molecule has 1 aliphatic rings. The van der Waals surface area contributed by atoms with Gasteiger partial charge in [0.15, 0.2) is 0 Å². The van der Waals surface area contributed by atoms with E-state index in [4.69, 9.17) is 20.9 Å². The standard InChI is InChI=1S/C16H24N4O2/c1-9-11-6-7-16(3,4)22-14(11)10(2)12(13(9)21-5)8-19-20-15(17)18/h8H,6-7H2,1-5H3,(H4,17,18,20)/b19-8+. The van der Waals surface area contributed by atoms with Crippen molar-refractivity contribution in [2.75, 3.05) is 7.11 Å². The maximum absolute atomic E-state index is 6.20. The van der Waals surface area contributed by atoms with Crippen LogP contribution in [0.25, 0.3) is 0 Å². The second-order valence-electron chi connectivity index (χ2n) is 6.14. The van der Waals surface area contributed by atoms with Gasteiger partial charge in [0.1, 0.15) is 17.1 Å². The molecule has 120 valence electrons. The number of nitrogens with zero attached hydrogens (tertiary/aromatic N) is 2. The topological polar surface area (TPSA) is 95.2 Å². The Morgan fingerprint density at radius 3 is 2.55 bits per heavy atom. The molecule has 0 radical (unpaired) electrons. The Bertz CT molecular complexity index is 644. The molecule has 0 saturated heterocycles. The van der Waals surface area contributed by atoms with E-state index in [1.807, 2.05) is 13.8 Å². The van der Waals surface area contributed by atoms with Gasteiger partial charge in [-0.05, 0) is 46.1 Å². The molecule has 0 atom stereocenters. The highest BCUT2D eigenvalue weighted by molar-refractivity contribution is 5.89. The molecule has 1 aliphatic heterocycles. The third kappa shape index (κ3) is 3.00. The van der Waals surface area contributed by atoms with Crippen LogP contribution in [0.2, 0.25) is 0 Å². The Morgan fingerprint density at radius 2 is 1.95 bits per heavy atom. The fraction of sp³-hybridized carbons (Fsp3) is 0.500. The Morgan fingerprint density at radius 1 is 1.27 bits per heavy atom. The molecule has 22 heavy (non-hydrogen) atoms. The molecule has 6 heteroatoms. The molecule has 1 aromatic carbocycles. The molecule has 4 N–H and O–H groups in total. The minimum absolute atomic E-state index is 0.0834. The molecular formula is C16H24N4O2. The predicted octanol–water partition coefficient (Wildman–Crippen LogP) is 2.02. The summed E-state index contributed by atoms with van der Waals surface area (Å²) >= 11 is 0. The lowest BCUT2D eigenvalue weighted by atomic mass is 9.88. The number of nitrogens with two attached hydrogens (primary N) is 2. The summed E-state index contributed by atoms with van der Waals surface area (Å²) < 4.78 is 11.8. The van der Waals surface area contributed by atoms with Gasteiger partial charge in [-0.3, -0.25) is 0 Å². The molecule has 0 spiro atoms. The normalized spacial score (nSPS) is 16.0. The van der Waals surface area contributed by atoms with Crippen LogP contribution in [0, 0.1) is 13.8 Å². The second kappa shape index (κ2) is 5.87. The smallest absolute Gasteiger partial charge is 0.211 e. The van der Waals surface area contributed by atoms with Gasteiger partial charge in [-0.1, -0.05) is 0 Å². The lowest BCUT2D eigenvalue weighted by molar-refractivity contribution is 0.0832. The van der Waals surface area contributed by atoms with E-state index in [2.05, 4.69) is 24.1 Å². The van der Waals surface area contributed by atoms with Crippen LogP contribution in [-0.2, 0) is 6.42 Å². The fourth-order valence-electron chi connectivity index (χ4n) is 2.79. The van der Waals surface area contributed by atoms with Crippen LogP contribution in [0.1, 0.15) is 42.5 Å². The number of hydrogen-bond donors (Lipinski definition) is 2. The van der Waals surface area contributed by atoms with Crippen molar-refractivity contribution in [1.82, 2.24) is 0 Å². The number of methoxy groups -OCH3 is 1. The third-order valence-corrected chi connectivity index (χ3v) is 3.98. The number of fused-ring (bicyclic) bond motifs is 1. The van der Waals surface area contributed by atoms with Crippen LogP contribution in [0.3, 0.4) is 0 Å². The van der Waals surface area contributed by atoms with Gasteiger partial charge >= 0.3 is 0 Å². The molecule has 2 rings (SSSR count). The lowest BCUT2D eigenvalue weighted by Crippen LogP contribution is -2.33. The van der Waals surface area contributed by atoms with E-state index in [-0.39, 0.29) is 11.6 Å². The molecule has 0 fully saturated rings. The largest absolute Gasteiger partial charge is 0.496 e. The molecule has 1 aromatic rings. The zero-order valence-corrected chi connectivity index (χ0v) is 13.9. The SMILES string of the molecule is COc1c(C)c2c(c(C)c1/C=N/N=C(N)N)OC(C)(C)CC2. The molecule has 1 heterocycles. The monoisotopic (exact) mass is 304 g/mol. The van der Waals surface area contributed by atoms with E-state index >= 15 is 0 Å². The van der Waals surface area contributed by atoms with Crippen molar-refractivity contribution >= 4 is 12.2 Å². The summed E-state index contributed by atoms with van der Waals surface area (Å²) in [6.07, 6.45) is 3.55. The molecule has 0 aliphatic carbocycles. The van der Waals surface area contributed by atoms with Crippen LogP contribution < -0.4 is 20.9 Å². The average Bonchev–Trinajstić information content (AvgIpc) is 2.43. The Labute approximate surface area is 131 Å². The van der Waals surface area contributed by atoms with Crippen LogP contribution >= 0.6 is 0 Å². The summed E-state index contributed by atoms with van der Waals surface area (Å²) in [5.41, 5.74) is 14.5. The molecule has 0 aromatic heterocycles. The molecule has 0 saturated carbocycles. The van der Waals surface area contributed by atoms with Crippen molar-refractivity contribution in [3.8, 4) is 11.5 Å². The molecular weight excluding hydrogens is 280 g/mol. The van der Waals surface area contributed by atoms with Crippen molar-refractivity contribution in [3.05, 3.63) is 22.3 Å². The Hall–Kier alpha value is -2.24. The number of rotatable bonds is 3.